The average molecular weight is 633 g/mol. The largest absolute Gasteiger partial charge is 0.352 e. The molecule has 1 aliphatic carbocycles. The number of hydrogen-bond donors (Lipinski definition) is 1. The van der Waals surface area contributed by atoms with Gasteiger partial charge in [-0.3, -0.25) is 13.9 Å². The van der Waals surface area contributed by atoms with Crippen LogP contribution in [0, 0.1) is 0 Å². The molecule has 7 nitrogen and oxygen atoms in total. The molecule has 202 valence electrons. The molecule has 1 saturated carbocycles. The molecular formula is C26H32BrCl2N3O4S. The van der Waals surface area contributed by atoms with Crippen LogP contribution in [0.15, 0.2) is 46.9 Å². The lowest BCUT2D eigenvalue weighted by Gasteiger charge is -2.34. The number of halogens is 3. The Labute approximate surface area is 237 Å². The van der Waals surface area contributed by atoms with Crippen LogP contribution < -0.4 is 9.62 Å². The lowest BCUT2D eigenvalue weighted by Crippen LogP contribution is -2.53. The molecule has 1 aliphatic rings. The SMILES string of the molecule is CC[C@H](C(=O)NC1CCCCC1)N(Cc1ccc(Cl)c(Cl)c1)C(=O)CN(c1cccc(Br)c1)S(C)(=O)=O. The summed E-state index contributed by atoms with van der Waals surface area (Å²) in [5.74, 6) is -0.738. The first-order valence-electron chi connectivity index (χ1n) is 12.3. The highest BCUT2D eigenvalue weighted by Gasteiger charge is 2.33. The quantitative estimate of drug-likeness (QED) is 0.360. The zero-order valence-electron chi connectivity index (χ0n) is 20.9. The second-order valence-electron chi connectivity index (χ2n) is 9.29. The molecule has 11 heteroatoms. The second-order valence-corrected chi connectivity index (χ2v) is 12.9. The summed E-state index contributed by atoms with van der Waals surface area (Å²) < 4.78 is 27.1. The summed E-state index contributed by atoms with van der Waals surface area (Å²) >= 11 is 15.6. The van der Waals surface area contributed by atoms with E-state index in [1.807, 2.05) is 6.92 Å². The third-order valence-corrected chi connectivity index (χ3v) is 8.82. The minimum atomic E-state index is -3.80. The maximum Gasteiger partial charge on any atom is 0.244 e. The summed E-state index contributed by atoms with van der Waals surface area (Å²) in [5, 5.41) is 3.83. The Morgan fingerprint density at radius 2 is 1.78 bits per heavy atom. The molecule has 0 bridgehead atoms. The highest BCUT2D eigenvalue weighted by Crippen LogP contribution is 2.26. The predicted molar refractivity (Wildman–Crippen MR) is 152 cm³/mol. The molecule has 0 aliphatic heterocycles. The summed E-state index contributed by atoms with van der Waals surface area (Å²) in [5.41, 5.74) is 1.03. The number of nitrogens with zero attached hydrogens (tertiary/aromatic N) is 2. The molecule has 1 fully saturated rings. The van der Waals surface area contributed by atoms with E-state index < -0.39 is 28.5 Å². The van der Waals surface area contributed by atoms with Crippen LogP contribution in [0.3, 0.4) is 0 Å². The molecule has 0 saturated heterocycles. The third kappa shape index (κ3) is 8.34. The topological polar surface area (TPSA) is 86.8 Å². The van der Waals surface area contributed by atoms with Crippen molar-refractivity contribution in [1.29, 1.82) is 0 Å². The van der Waals surface area contributed by atoms with Crippen LogP contribution in [0.2, 0.25) is 10.0 Å². The highest BCUT2D eigenvalue weighted by molar-refractivity contribution is 9.10. The van der Waals surface area contributed by atoms with Gasteiger partial charge in [0.25, 0.3) is 0 Å². The number of rotatable bonds is 10. The Kier molecular flexibility index (Phi) is 10.7. The van der Waals surface area contributed by atoms with Gasteiger partial charge in [-0.1, -0.05) is 77.5 Å². The van der Waals surface area contributed by atoms with Gasteiger partial charge in [0.15, 0.2) is 0 Å². The number of hydrogen-bond acceptors (Lipinski definition) is 4. The molecule has 1 atom stereocenters. The first-order chi connectivity index (χ1) is 17.5. The zero-order chi connectivity index (χ0) is 27.2. The van der Waals surface area contributed by atoms with Crippen molar-refractivity contribution in [1.82, 2.24) is 10.2 Å². The molecule has 0 spiro atoms. The maximum absolute atomic E-state index is 13.8. The van der Waals surface area contributed by atoms with E-state index in [9.17, 15) is 18.0 Å². The molecule has 0 aromatic heterocycles. The fourth-order valence-electron chi connectivity index (χ4n) is 4.54. The predicted octanol–water partition coefficient (Wildman–Crippen LogP) is 5.78. The number of carbonyl (C=O) groups excluding carboxylic acids is 2. The molecule has 0 unspecified atom stereocenters. The summed E-state index contributed by atoms with van der Waals surface area (Å²) in [7, 11) is -3.80. The van der Waals surface area contributed by atoms with Crippen molar-refractivity contribution in [2.75, 3.05) is 17.1 Å². The van der Waals surface area contributed by atoms with Crippen molar-refractivity contribution in [3.63, 3.8) is 0 Å². The standard InChI is InChI=1S/C26H32BrCl2N3O4S/c1-3-24(26(34)30-20-9-5-4-6-10-20)31(16-18-12-13-22(28)23(29)14-18)25(33)17-32(37(2,35)36)21-11-7-8-19(27)15-21/h7-8,11-15,20,24H,3-6,9-10,16-17H2,1-2H3,(H,30,34)/t24-/m1/s1. The number of benzene rings is 2. The molecule has 1 N–H and O–H groups in total. The van der Waals surface area contributed by atoms with Crippen LogP contribution in [0.5, 0.6) is 0 Å². The second kappa shape index (κ2) is 13.3. The Bertz CT molecular complexity index is 1220. The van der Waals surface area contributed by atoms with E-state index >= 15 is 0 Å². The molecule has 0 heterocycles. The van der Waals surface area contributed by atoms with Gasteiger partial charge in [-0.15, -0.1) is 0 Å². The summed E-state index contributed by atoms with van der Waals surface area (Å²) in [4.78, 5) is 28.6. The van der Waals surface area contributed by atoms with Gasteiger partial charge >= 0.3 is 0 Å². The van der Waals surface area contributed by atoms with E-state index in [0.717, 1.165) is 42.7 Å². The van der Waals surface area contributed by atoms with Crippen molar-refractivity contribution in [2.24, 2.45) is 0 Å². The minimum absolute atomic E-state index is 0.0718. The van der Waals surface area contributed by atoms with Crippen LogP contribution in [-0.4, -0.2) is 50.0 Å². The lowest BCUT2D eigenvalue weighted by molar-refractivity contribution is -0.140. The van der Waals surface area contributed by atoms with Crippen molar-refractivity contribution in [3.05, 3.63) is 62.5 Å². The third-order valence-electron chi connectivity index (χ3n) is 6.45. The van der Waals surface area contributed by atoms with Crippen LogP contribution >= 0.6 is 39.1 Å². The fourth-order valence-corrected chi connectivity index (χ4v) is 6.09. The van der Waals surface area contributed by atoms with E-state index in [-0.39, 0.29) is 18.5 Å². The molecule has 0 radical (unpaired) electrons. The van der Waals surface area contributed by atoms with Gasteiger partial charge in [0.2, 0.25) is 21.8 Å². The Hall–Kier alpha value is -1.81. The highest BCUT2D eigenvalue weighted by atomic mass is 79.9. The van der Waals surface area contributed by atoms with Crippen LogP contribution in [0.4, 0.5) is 5.69 Å². The van der Waals surface area contributed by atoms with Gasteiger partial charge in [0.05, 0.1) is 22.0 Å². The molecular weight excluding hydrogens is 601 g/mol. The number of sulfonamides is 1. The van der Waals surface area contributed by atoms with Gasteiger partial charge in [-0.25, -0.2) is 8.42 Å². The van der Waals surface area contributed by atoms with Gasteiger partial charge in [-0.2, -0.15) is 0 Å². The van der Waals surface area contributed by atoms with E-state index in [4.69, 9.17) is 23.2 Å². The molecule has 2 aromatic carbocycles. The number of carbonyl (C=O) groups is 2. The molecule has 3 rings (SSSR count). The van der Waals surface area contributed by atoms with Gasteiger partial charge in [0.1, 0.15) is 12.6 Å². The van der Waals surface area contributed by atoms with Gasteiger partial charge in [-0.05, 0) is 55.2 Å². The van der Waals surface area contributed by atoms with E-state index in [1.54, 1.807) is 42.5 Å². The van der Waals surface area contributed by atoms with Crippen molar-refractivity contribution < 1.29 is 18.0 Å². The van der Waals surface area contributed by atoms with Gasteiger partial charge in [0, 0.05) is 17.1 Å². The number of amides is 2. The molecule has 37 heavy (non-hydrogen) atoms. The Morgan fingerprint density at radius 1 is 1.08 bits per heavy atom. The number of anilines is 1. The smallest absolute Gasteiger partial charge is 0.244 e. The minimum Gasteiger partial charge on any atom is -0.352 e. The summed E-state index contributed by atoms with van der Waals surface area (Å²) in [6, 6.07) is 11.0. The maximum atomic E-state index is 13.8. The van der Waals surface area contributed by atoms with Crippen molar-refractivity contribution in [2.45, 2.75) is 64.1 Å². The van der Waals surface area contributed by atoms with Crippen molar-refractivity contribution in [3.8, 4) is 0 Å². The van der Waals surface area contributed by atoms with Crippen LogP contribution in [-0.2, 0) is 26.2 Å². The van der Waals surface area contributed by atoms with Crippen molar-refractivity contribution >= 4 is 66.7 Å². The lowest BCUT2D eigenvalue weighted by atomic mass is 9.95. The van der Waals surface area contributed by atoms with Crippen LogP contribution in [0.1, 0.15) is 51.0 Å². The molecule has 2 aromatic rings. The zero-order valence-corrected chi connectivity index (χ0v) is 24.8. The Morgan fingerprint density at radius 3 is 2.38 bits per heavy atom. The molecule has 2 amide bonds. The fraction of sp³-hybridized carbons (Fsp3) is 0.462. The van der Waals surface area contributed by atoms with Crippen LogP contribution in [0.25, 0.3) is 0 Å². The summed E-state index contributed by atoms with van der Waals surface area (Å²) in [6.45, 7) is 1.45. The summed E-state index contributed by atoms with van der Waals surface area (Å²) in [6.07, 6.45) is 6.51. The Balaban J connectivity index is 1.93. The normalized spacial score (nSPS) is 15.2. The van der Waals surface area contributed by atoms with Gasteiger partial charge < -0.3 is 10.2 Å². The van der Waals surface area contributed by atoms with E-state index in [0.29, 0.717) is 32.2 Å². The first kappa shape index (κ1) is 29.7. The first-order valence-corrected chi connectivity index (χ1v) is 15.7. The monoisotopic (exact) mass is 631 g/mol. The number of nitrogens with one attached hydrogen (secondary N) is 1. The average Bonchev–Trinajstić information content (AvgIpc) is 2.84. The van der Waals surface area contributed by atoms with E-state index in [1.165, 1.54) is 4.90 Å². The van der Waals surface area contributed by atoms with E-state index in [2.05, 4.69) is 21.2 Å².